The van der Waals surface area contributed by atoms with E-state index in [1.807, 2.05) is 16.8 Å². The highest BCUT2D eigenvalue weighted by molar-refractivity contribution is 7.16. The van der Waals surface area contributed by atoms with Crippen molar-refractivity contribution in [3.05, 3.63) is 33.0 Å². The second-order valence-electron chi connectivity index (χ2n) is 6.66. The summed E-state index contributed by atoms with van der Waals surface area (Å²) in [4.78, 5) is 18.0. The number of fused-ring (bicyclic) bond motifs is 1. The van der Waals surface area contributed by atoms with Gasteiger partial charge in [-0.15, -0.1) is 11.3 Å². The molecular formula is C16H20N2OS2. The Morgan fingerprint density at radius 2 is 2.24 bits per heavy atom. The molecule has 0 saturated carbocycles. The molecule has 1 N–H and O–H groups in total. The molecule has 1 atom stereocenters. The van der Waals surface area contributed by atoms with E-state index in [0.717, 1.165) is 18.0 Å². The number of aryl methyl sites for hydroxylation is 1. The highest BCUT2D eigenvalue weighted by Crippen LogP contribution is 2.40. The van der Waals surface area contributed by atoms with Gasteiger partial charge in [-0.3, -0.25) is 10.1 Å². The van der Waals surface area contributed by atoms with Crippen LogP contribution in [-0.4, -0.2) is 10.9 Å². The first-order chi connectivity index (χ1) is 9.93. The molecule has 1 aliphatic carbocycles. The topological polar surface area (TPSA) is 42.0 Å². The lowest BCUT2D eigenvalue weighted by molar-refractivity contribution is 0.102. The molecule has 0 unspecified atom stereocenters. The summed E-state index contributed by atoms with van der Waals surface area (Å²) in [5.74, 6) is 0.639. The minimum absolute atomic E-state index is 0.0604. The zero-order valence-electron chi connectivity index (χ0n) is 12.6. The maximum absolute atomic E-state index is 12.1. The van der Waals surface area contributed by atoms with Crippen LogP contribution >= 0.6 is 22.7 Å². The second-order valence-corrected chi connectivity index (χ2v) is 8.52. The Hall–Kier alpha value is -1.20. The van der Waals surface area contributed by atoms with E-state index in [-0.39, 0.29) is 5.91 Å². The molecule has 0 aromatic carbocycles. The number of amides is 1. The van der Waals surface area contributed by atoms with Gasteiger partial charge < -0.3 is 0 Å². The predicted octanol–water partition coefficient (Wildman–Crippen LogP) is 4.61. The van der Waals surface area contributed by atoms with Crippen molar-refractivity contribution >= 4 is 33.7 Å². The van der Waals surface area contributed by atoms with Gasteiger partial charge in [0.1, 0.15) is 0 Å². The average molecular weight is 320 g/mol. The predicted molar refractivity (Wildman–Crippen MR) is 89.4 cm³/mol. The maximum atomic E-state index is 12.1. The zero-order valence-corrected chi connectivity index (χ0v) is 14.2. The Morgan fingerprint density at radius 1 is 1.43 bits per heavy atom. The van der Waals surface area contributed by atoms with Crippen LogP contribution in [0.25, 0.3) is 0 Å². The first kappa shape index (κ1) is 14.7. The van der Waals surface area contributed by atoms with E-state index in [1.54, 1.807) is 11.3 Å². The van der Waals surface area contributed by atoms with Gasteiger partial charge in [0.2, 0.25) is 0 Å². The van der Waals surface area contributed by atoms with E-state index in [2.05, 4.69) is 31.1 Å². The lowest BCUT2D eigenvalue weighted by atomic mass is 9.73. The van der Waals surface area contributed by atoms with Gasteiger partial charge in [0.15, 0.2) is 5.13 Å². The van der Waals surface area contributed by atoms with E-state index in [1.165, 1.54) is 28.3 Å². The van der Waals surface area contributed by atoms with Gasteiger partial charge in [-0.25, -0.2) is 4.98 Å². The third-order valence-electron chi connectivity index (χ3n) is 4.17. The van der Waals surface area contributed by atoms with Gasteiger partial charge in [-0.1, -0.05) is 20.8 Å². The summed E-state index contributed by atoms with van der Waals surface area (Å²) in [7, 11) is 0. The van der Waals surface area contributed by atoms with Crippen LogP contribution < -0.4 is 5.32 Å². The largest absolute Gasteiger partial charge is 0.298 e. The SMILES string of the molecule is CC(C)(C)[C@@H]1CCc2nc(NC(=O)c3ccsc3)sc2C1. The minimum Gasteiger partial charge on any atom is -0.298 e. The number of anilines is 1. The number of nitrogens with one attached hydrogen (secondary N) is 1. The molecule has 112 valence electrons. The van der Waals surface area contributed by atoms with Crippen molar-refractivity contribution in [2.24, 2.45) is 11.3 Å². The number of carbonyl (C=O) groups is 1. The van der Waals surface area contributed by atoms with Crippen LogP contribution in [0.4, 0.5) is 5.13 Å². The highest BCUT2D eigenvalue weighted by Gasteiger charge is 2.30. The van der Waals surface area contributed by atoms with Crippen LogP contribution in [0.1, 0.15) is 48.1 Å². The summed E-state index contributed by atoms with van der Waals surface area (Å²) in [5.41, 5.74) is 2.23. The Bertz CT molecular complexity index is 638. The fourth-order valence-electron chi connectivity index (χ4n) is 2.73. The first-order valence-electron chi connectivity index (χ1n) is 7.25. The standard InChI is InChI=1S/C16H20N2OS2/c1-16(2,3)11-4-5-12-13(8-11)21-15(17-12)18-14(19)10-6-7-20-9-10/h6-7,9,11H,4-5,8H2,1-3H3,(H,17,18,19)/t11-/m1/s1. The second kappa shape index (κ2) is 5.54. The Morgan fingerprint density at radius 3 is 2.90 bits per heavy atom. The molecule has 2 heterocycles. The van der Waals surface area contributed by atoms with Crippen LogP contribution in [0.5, 0.6) is 0 Å². The van der Waals surface area contributed by atoms with E-state index in [0.29, 0.717) is 16.9 Å². The fourth-order valence-corrected chi connectivity index (χ4v) is 4.45. The molecule has 0 spiro atoms. The zero-order chi connectivity index (χ0) is 15.0. The summed E-state index contributed by atoms with van der Waals surface area (Å²) < 4.78 is 0. The lowest BCUT2D eigenvalue weighted by Crippen LogP contribution is -2.26. The number of hydrogen-bond acceptors (Lipinski definition) is 4. The number of thiazole rings is 1. The maximum Gasteiger partial charge on any atom is 0.258 e. The summed E-state index contributed by atoms with van der Waals surface area (Å²) in [6.45, 7) is 6.93. The van der Waals surface area contributed by atoms with E-state index >= 15 is 0 Å². The highest BCUT2D eigenvalue weighted by atomic mass is 32.1. The van der Waals surface area contributed by atoms with E-state index in [9.17, 15) is 4.79 Å². The quantitative estimate of drug-likeness (QED) is 0.878. The smallest absolute Gasteiger partial charge is 0.258 e. The first-order valence-corrected chi connectivity index (χ1v) is 9.01. The molecule has 3 nitrogen and oxygen atoms in total. The average Bonchev–Trinajstić information content (AvgIpc) is 3.05. The van der Waals surface area contributed by atoms with Gasteiger partial charge in [-0.2, -0.15) is 11.3 Å². The third kappa shape index (κ3) is 3.19. The van der Waals surface area contributed by atoms with Gasteiger partial charge in [0.05, 0.1) is 11.3 Å². The van der Waals surface area contributed by atoms with Crippen molar-refractivity contribution in [3.8, 4) is 0 Å². The van der Waals surface area contributed by atoms with Crippen LogP contribution in [0.3, 0.4) is 0 Å². The summed E-state index contributed by atoms with van der Waals surface area (Å²) >= 11 is 3.17. The fraction of sp³-hybridized carbons (Fsp3) is 0.500. The van der Waals surface area contributed by atoms with Crippen LogP contribution in [-0.2, 0) is 12.8 Å². The van der Waals surface area contributed by atoms with E-state index in [4.69, 9.17) is 0 Å². The molecule has 1 amide bonds. The van der Waals surface area contributed by atoms with Crippen molar-refractivity contribution in [1.29, 1.82) is 0 Å². The lowest BCUT2D eigenvalue weighted by Gasteiger charge is -2.33. The van der Waals surface area contributed by atoms with Crippen molar-refractivity contribution in [2.45, 2.75) is 40.0 Å². The number of carbonyl (C=O) groups excluding carboxylic acids is 1. The molecule has 3 rings (SSSR count). The molecule has 0 saturated heterocycles. The molecular weight excluding hydrogens is 300 g/mol. The Balaban J connectivity index is 1.73. The molecule has 0 bridgehead atoms. The summed E-state index contributed by atoms with van der Waals surface area (Å²) in [6, 6.07) is 1.84. The van der Waals surface area contributed by atoms with Crippen molar-refractivity contribution < 1.29 is 4.79 Å². The summed E-state index contributed by atoms with van der Waals surface area (Å²) in [6.07, 6.45) is 3.31. The van der Waals surface area contributed by atoms with Crippen LogP contribution in [0, 0.1) is 11.3 Å². The number of thiophene rings is 1. The molecule has 0 fully saturated rings. The Kier molecular flexibility index (Phi) is 3.88. The van der Waals surface area contributed by atoms with Gasteiger partial charge >= 0.3 is 0 Å². The van der Waals surface area contributed by atoms with Gasteiger partial charge in [0.25, 0.3) is 5.91 Å². The van der Waals surface area contributed by atoms with Gasteiger partial charge in [0, 0.05) is 10.3 Å². The molecule has 21 heavy (non-hydrogen) atoms. The molecule has 0 aliphatic heterocycles. The number of rotatable bonds is 2. The monoisotopic (exact) mass is 320 g/mol. The Labute approximate surface area is 133 Å². The number of nitrogens with zero attached hydrogens (tertiary/aromatic N) is 1. The molecule has 0 radical (unpaired) electrons. The van der Waals surface area contributed by atoms with Crippen molar-refractivity contribution in [2.75, 3.05) is 5.32 Å². The molecule has 5 heteroatoms. The van der Waals surface area contributed by atoms with Crippen molar-refractivity contribution in [1.82, 2.24) is 4.98 Å². The molecule has 2 aromatic heterocycles. The van der Waals surface area contributed by atoms with Crippen LogP contribution in [0.15, 0.2) is 16.8 Å². The third-order valence-corrected chi connectivity index (χ3v) is 5.89. The van der Waals surface area contributed by atoms with Crippen LogP contribution in [0.2, 0.25) is 0 Å². The van der Waals surface area contributed by atoms with Crippen molar-refractivity contribution in [3.63, 3.8) is 0 Å². The number of aromatic nitrogens is 1. The molecule has 2 aromatic rings. The molecule has 1 aliphatic rings. The summed E-state index contributed by atoms with van der Waals surface area (Å²) in [5, 5.41) is 7.44. The van der Waals surface area contributed by atoms with Gasteiger partial charge in [-0.05, 0) is 42.0 Å². The minimum atomic E-state index is -0.0604. The van der Waals surface area contributed by atoms with E-state index < -0.39 is 0 Å². The number of hydrogen-bond donors (Lipinski definition) is 1. The normalized spacial score (nSPS) is 18.3.